The molecule has 5 nitrogen and oxygen atoms in total. The Balaban J connectivity index is 1.62. The number of para-hydroxylation sites is 1. The Morgan fingerprint density at radius 2 is 1.72 bits per heavy atom. The van der Waals surface area contributed by atoms with Crippen LogP contribution in [0.2, 0.25) is 0 Å². The zero-order chi connectivity index (χ0) is 21.0. The van der Waals surface area contributed by atoms with Crippen molar-refractivity contribution in [2.24, 2.45) is 0 Å². The average Bonchev–Trinajstić information content (AvgIpc) is 2.74. The fourth-order valence-electron chi connectivity index (χ4n) is 3.91. The number of carbonyl (C=O) groups is 1. The van der Waals surface area contributed by atoms with Crippen LogP contribution in [-0.4, -0.2) is 50.1 Å². The second-order valence-corrected chi connectivity index (χ2v) is 8.08. The highest BCUT2D eigenvalue weighted by molar-refractivity contribution is 5.96. The maximum Gasteiger partial charge on any atom is 0.241 e. The van der Waals surface area contributed by atoms with Crippen molar-refractivity contribution in [3.05, 3.63) is 53.6 Å². The summed E-state index contributed by atoms with van der Waals surface area (Å²) < 4.78 is 5.34. The number of methoxy groups -OCH3 is 1. The Labute approximate surface area is 174 Å². The van der Waals surface area contributed by atoms with E-state index in [1.54, 1.807) is 7.11 Å². The van der Waals surface area contributed by atoms with Crippen molar-refractivity contribution in [2.45, 2.75) is 39.7 Å². The van der Waals surface area contributed by atoms with E-state index in [2.05, 4.69) is 66.2 Å². The van der Waals surface area contributed by atoms with Crippen LogP contribution in [0.1, 0.15) is 37.8 Å². The molecule has 3 rings (SSSR count). The first kappa shape index (κ1) is 21.2. The van der Waals surface area contributed by atoms with Gasteiger partial charge in [-0.15, -0.1) is 0 Å². The fourth-order valence-corrected chi connectivity index (χ4v) is 3.91. The minimum Gasteiger partial charge on any atom is -0.497 e. The van der Waals surface area contributed by atoms with Gasteiger partial charge in [-0.05, 0) is 43.0 Å². The van der Waals surface area contributed by atoms with Crippen LogP contribution in [0.3, 0.4) is 0 Å². The predicted molar refractivity (Wildman–Crippen MR) is 120 cm³/mol. The van der Waals surface area contributed by atoms with Gasteiger partial charge < -0.3 is 15.0 Å². The third-order valence-corrected chi connectivity index (χ3v) is 5.84. The SMILES string of the molecule is COc1cccc(N2CCN([C@H](C)C(=O)Nc3c(C)cccc3C(C)C)CC2)c1. The van der Waals surface area contributed by atoms with Gasteiger partial charge in [-0.1, -0.05) is 38.1 Å². The van der Waals surface area contributed by atoms with Gasteiger partial charge in [0.25, 0.3) is 0 Å². The van der Waals surface area contributed by atoms with E-state index in [1.165, 1.54) is 11.3 Å². The van der Waals surface area contributed by atoms with Crippen LogP contribution in [0.4, 0.5) is 11.4 Å². The molecule has 1 saturated heterocycles. The number of rotatable bonds is 6. The van der Waals surface area contributed by atoms with Crippen LogP contribution in [0, 0.1) is 6.92 Å². The highest BCUT2D eigenvalue weighted by Crippen LogP contribution is 2.28. The largest absolute Gasteiger partial charge is 0.497 e. The van der Waals surface area contributed by atoms with Crippen molar-refractivity contribution >= 4 is 17.3 Å². The lowest BCUT2D eigenvalue weighted by molar-refractivity contribution is -0.120. The third kappa shape index (κ3) is 4.91. The second kappa shape index (κ2) is 9.31. The molecule has 1 heterocycles. The highest BCUT2D eigenvalue weighted by Gasteiger charge is 2.26. The average molecular weight is 396 g/mol. The van der Waals surface area contributed by atoms with E-state index < -0.39 is 0 Å². The Kier molecular flexibility index (Phi) is 6.80. The number of nitrogens with zero attached hydrogens (tertiary/aromatic N) is 2. The van der Waals surface area contributed by atoms with Crippen molar-refractivity contribution in [1.29, 1.82) is 0 Å². The molecule has 0 aliphatic carbocycles. The van der Waals surface area contributed by atoms with Gasteiger partial charge in [0, 0.05) is 43.6 Å². The van der Waals surface area contributed by atoms with Crippen LogP contribution in [0.15, 0.2) is 42.5 Å². The molecule has 0 unspecified atom stereocenters. The van der Waals surface area contributed by atoms with Gasteiger partial charge in [0.15, 0.2) is 0 Å². The molecular weight excluding hydrogens is 362 g/mol. The number of hydrogen-bond donors (Lipinski definition) is 1. The Bertz CT molecular complexity index is 842. The molecule has 1 atom stereocenters. The number of benzene rings is 2. The van der Waals surface area contributed by atoms with Crippen molar-refractivity contribution in [3.8, 4) is 5.75 Å². The summed E-state index contributed by atoms with van der Waals surface area (Å²) in [5.41, 5.74) is 4.44. The van der Waals surface area contributed by atoms with Crippen molar-refractivity contribution in [2.75, 3.05) is 43.5 Å². The highest BCUT2D eigenvalue weighted by atomic mass is 16.5. The lowest BCUT2D eigenvalue weighted by Crippen LogP contribution is -2.52. The summed E-state index contributed by atoms with van der Waals surface area (Å²) in [4.78, 5) is 17.6. The maximum absolute atomic E-state index is 13.0. The standard InChI is InChI=1S/C24H33N3O2/c1-17(2)22-11-6-8-18(3)23(22)25-24(28)19(4)26-12-14-27(15-13-26)20-9-7-10-21(16-20)29-5/h6-11,16-17,19H,12-15H2,1-5H3,(H,25,28)/t19-/m1/s1. The fraction of sp³-hybridized carbons (Fsp3) is 0.458. The van der Waals surface area contributed by atoms with E-state index >= 15 is 0 Å². The first-order chi connectivity index (χ1) is 13.9. The lowest BCUT2D eigenvalue weighted by Gasteiger charge is -2.38. The quantitative estimate of drug-likeness (QED) is 0.793. The van der Waals surface area contributed by atoms with Gasteiger partial charge >= 0.3 is 0 Å². The number of aryl methyl sites for hydroxylation is 1. The molecule has 1 N–H and O–H groups in total. The molecule has 1 aliphatic heterocycles. The molecule has 156 valence electrons. The van der Waals surface area contributed by atoms with Crippen LogP contribution < -0.4 is 15.0 Å². The van der Waals surface area contributed by atoms with Crippen molar-refractivity contribution in [1.82, 2.24) is 4.90 Å². The maximum atomic E-state index is 13.0. The monoisotopic (exact) mass is 395 g/mol. The molecule has 29 heavy (non-hydrogen) atoms. The number of piperazine rings is 1. The van der Waals surface area contributed by atoms with Crippen LogP contribution >= 0.6 is 0 Å². The molecule has 1 amide bonds. The summed E-state index contributed by atoms with van der Waals surface area (Å²) in [6.07, 6.45) is 0. The van der Waals surface area contributed by atoms with Crippen molar-refractivity contribution < 1.29 is 9.53 Å². The van der Waals surface area contributed by atoms with Gasteiger partial charge in [-0.3, -0.25) is 9.69 Å². The minimum absolute atomic E-state index is 0.0658. The second-order valence-electron chi connectivity index (χ2n) is 8.08. The number of hydrogen-bond acceptors (Lipinski definition) is 4. The summed E-state index contributed by atoms with van der Waals surface area (Å²) in [5.74, 6) is 1.31. The van der Waals surface area contributed by atoms with Gasteiger partial charge in [-0.25, -0.2) is 0 Å². The Morgan fingerprint density at radius 3 is 2.38 bits per heavy atom. The summed E-state index contributed by atoms with van der Waals surface area (Å²) in [6.45, 7) is 11.9. The number of ether oxygens (including phenoxy) is 1. The van der Waals surface area contributed by atoms with Gasteiger partial charge in [0.05, 0.1) is 13.2 Å². The van der Waals surface area contributed by atoms with E-state index in [4.69, 9.17) is 4.74 Å². The number of amides is 1. The molecule has 1 fully saturated rings. The van der Waals surface area contributed by atoms with E-state index in [0.29, 0.717) is 5.92 Å². The molecule has 5 heteroatoms. The summed E-state index contributed by atoms with van der Waals surface area (Å²) in [6, 6.07) is 14.2. The molecule has 1 aliphatic rings. The first-order valence-electron chi connectivity index (χ1n) is 10.4. The molecule has 0 spiro atoms. The normalized spacial score (nSPS) is 16.0. The zero-order valence-electron chi connectivity index (χ0n) is 18.2. The van der Waals surface area contributed by atoms with Gasteiger partial charge in [0.1, 0.15) is 5.75 Å². The molecule has 0 saturated carbocycles. The Hall–Kier alpha value is -2.53. The first-order valence-corrected chi connectivity index (χ1v) is 10.4. The lowest BCUT2D eigenvalue weighted by atomic mass is 9.98. The summed E-state index contributed by atoms with van der Waals surface area (Å²) >= 11 is 0. The number of nitrogens with one attached hydrogen (secondary N) is 1. The van der Waals surface area contributed by atoms with Crippen molar-refractivity contribution in [3.63, 3.8) is 0 Å². The molecule has 2 aromatic carbocycles. The van der Waals surface area contributed by atoms with Crippen LogP contribution in [0.5, 0.6) is 5.75 Å². The van der Waals surface area contributed by atoms with E-state index in [9.17, 15) is 4.79 Å². The predicted octanol–water partition coefficient (Wildman–Crippen LogP) is 4.28. The third-order valence-electron chi connectivity index (χ3n) is 5.84. The minimum atomic E-state index is -0.165. The number of anilines is 2. The smallest absolute Gasteiger partial charge is 0.241 e. The summed E-state index contributed by atoms with van der Waals surface area (Å²) in [7, 11) is 1.69. The molecule has 2 aromatic rings. The zero-order valence-corrected chi connectivity index (χ0v) is 18.2. The molecular formula is C24H33N3O2. The molecule has 0 aromatic heterocycles. The van der Waals surface area contributed by atoms with Crippen LogP contribution in [-0.2, 0) is 4.79 Å². The van der Waals surface area contributed by atoms with Gasteiger partial charge in [0.2, 0.25) is 5.91 Å². The number of carbonyl (C=O) groups excluding carboxylic acids is 1. The molecule has 0 radical (unpaired) electrons. The topological polar surface area (TPSA) is 44.8 Å². The van der Waals surface area contributed by atoms with E-state index in [1.807, 2.05) is 19.1 Å². The molecule has 0 bridgehead atoms. The summed E-state index contributed by atoms with van der Waals surface area (Å²) in [5, 5.41) is 3.20. The Morgan fingerprint density at radius 1 is 1.03 bits per heavy atom. The van der Waals surface area contributed by atoms with Crippen LogP contribution in [0.25, 0.3) is 0 Å². The van der Waals surface area contributed by atoms with Gasteiger partial charge in [-0.2, -0.15) is 0 Å². The van der Waals surface area contributed by atoms with E-state index in [0.717, 1.165) is 43.2 Å². The van der Waals surface area contributed by atoms with E-state index in [-0.39, 0.29) is 11.9 Å².